The SMILES string of the molecule is CCCOCC(=O)Nc1c(C)cccc1O. The van der Waals surface area contributed by atoms with Crippen LogP contribution < -0.4 is 5.32 Å². The van der Waals surface area contributed by atoms with Crippen molar-refractivity contribution in [1.29, 1.82) is 0 Å². The molecule has 2 N–H and O–H groups in total. The van der Waals surface area contributed by atoms with E-state index in [0.29, 0.717) is 12.3 Å². The summed E-state index contributed by atoms with van der Waals surface area (Å²) in [4.78, 5) is 11.4. The summed E-state index contributed by atoms with van der Waals surface area (Å²) in [5.41, 5.74) is 1.27. The van der Waals surface area contributed by atoms with Crippen LogP contribution in [0.1, 0.15) is 18.9 Å². The van der Waals surface area contributed by atoms with E-state index in [1.807, 2.05) is 19.9 Å². The summed E-state index contributed by atoms with van der Waals surface area (Å²) in [6, 6.07) is 5.09. The van der Waals surface area contributed by atoms with E-state index >= 15 is 0 Å². The predicted molar refractivity (Wildman–Crippen MR) is 62.6 cm³/mol. The molecule has 0 aromatic heterocycles. The Kier molecular flexibility index (Phi) is 4.79. The second kappa shape index (κ2) is 6.12. The van der Waals surface area contributed by atoms with Crippen LogP contribution in [0, 0.1) is 6.92 Å². The Morgan fingerprint density at radius 3 is 2.88 bits per heavy atom. The summed E-state index contributed by atoms with van der Waals surface area (Å²) in [7, 11) is 0. The van der Waals surface area contributed by atoms with E-state index < -0.39 is 0 Å². The first-order valence-electron chi connectivity index (χ1n) is 5.31. The third kappa shape index (κ3) is 3.55. The van der Waals surface area contributed by atoms with Gasteiger partial charge in [-0.05, 0) is 25.0 Å². The summed E-state index contributed by atoms with van der Waals surface area (Å²) in [5, 5.41) is 12.2. The fourth-order valence-corrected chi connectivity index (χ4v) is 1.30. The molecule has 4 nitrogen and oxygen atoms in total. The third-order valence-corrected chi connectivity index (χ3v) is 2.10. The maximum atomic E-state index is 11.4. The van der Waals surface area contributed by atoms with Gasteiger partial charge in [-0.1, -0.05) is 19.1 Å². The van der Waals surface area contributed by atoms with Crippen LogP contribution in [0.15, 0.2) is 18.2 Å². The topological polar surface area (TPSA) is 58.6 Å². The zero-order chi connectivity index (χ0) is 12.0. The second-order valence-electron chi connectivity index (χ2n) is 3.57. The Labute approximate surface area is 95.2 Å². The van der Waals surface area contributed by atoms with Gasteiger partial charge in [-0.25, -0.2) is 0 Å². The van der Waals surface area contributed by atoms with Crippen molar-refractivity contribution in [3.05, 3.63) is 23.8 Å². The van der Waals surface area contributed by atoms with Crippen molar-refractivity contribution in [2.45, 2.75) is 20.3 Å². The number of carbonyl (C=O) groups is 1. The lowest BCUT2D eigenvalue weighted by molar-refractivity contribution is -0.120. The van der Waals surface area contributed by atoms with Crippen LogP contribution in [0.5, 0.6) is 5.75 Å². The Balaban J connectivity index is 2.56. The van der Waals surface area contributed by atoms with Crippen molar-refractivity contribution in [2.75, 3.05) is 18.5 Å². The highest BCUT2D eigenvalue weighted by Gasteiger charge is 2.08. The molecule has 0 saturated heterocycles. The number of phenolic OH excluding ortho intramolecular Hbond substituents is 1. The summed E-state index contributed by atoms with van der Waals surface area (Å²) in [6.45, 7) is 4.38. The zero-order valence-electron chi connectivity index (χ0n) is 9.62. The number of anilines is 1. The monoisotopic (exact) mass is 223 g/mol. The number of phenols is 1. The first-order valence-corrected chi connectivity index (χ1v) is 5.31. The quantitative estimate of drug-likeness (QED) is 0.593. The average molecular weight is 223 g/mol. The molecule has 0 bridgehead atoms. The average Bonchev–Trinajstić information content (AvgIpc) is 2.24. The summed E-state index contributed by atoms with van der Waals surface area (Å²) in [6.07, 6.45) is 0.878. The lowest BCUT2D eigenvalue weighted by atomic mass is 10.2. The number of ether oxygens (including phenoxy) is 1. The molecule has 1 amide bonds. The van der Waals surface area contributed by atoms with Gasteiger partial charge in [0.1, 0.15) is 12.4 Å². The number of aryl methyl sites for hydroxylation is 1. The number of carbonyl (C=O) groups excluding carboxylic acids is 1. The maximum absolute atomic E-state index is 11.4. The Morgan fingerprint density at radius 1 is 1.50 bits per heavy atom. The van der Waals surface area contributed by atoms with E-state index in [1.165, 1.54) is 6.07 Å². The number of nitrogens with one attached hydrogen (secondary N) is 1. The lowest BCUT2D eigenvalue weighted by Gasteiger charge is -2.10. The van der Waals surface area contributed by atoms with E-state index in [0.717, 1.165) is 12.0 Å². The predicted octanol–water partition coefficient (Wildman–Crippen LogP) is 2.07. The summed E-state index contributed by atoms with van der Waals surface area (Å²) in [5.74, 6) is -0.179. The Morgan fingerprint density at radius 2 is 2.25 bits per heavy atom. The van der Waals surface area contributed by atoms with E-state index in [1.54, 1.807) is 6.07 Å². The van der Waals surface area contributed by atoms with Gasteiger partial charge in [-0.3, -0.25) is 4.79 Å². The first-order chi connectivity index (χ1) is 7.65. The molecule has 0 aliphatic heterocycles. The van der Waals surface area contributed by atoms with Gasteiger partial charge >= 0.3 is 0 Å². The van der Waals surface area contributed by atoms with Crippen LogP contribution in [-0.4, -0.2) is 24.2 Å². The van der Waals surface area contributed by atoms with Gasteiger partial charge in [-0.2, -0.15) is 0 Å². The van der Waals surface area contributed by atoms with Crippen molar-refractivity contribution >= 4 is 11.6 Å². The van der Waals surface area contributed by atoms with Gasteiger partial charge in [0.15, 0.2) is 0 Å². The van der Waals surface area contributed by atoms with Crippen LogP contribution in [0.2, 0.25) is 0 Å². The molecular formula is C12H17NO3. The fourth-order valence-electron chi connectivity index (χ4n) is 1.30. The summed E-state index contributed by atoms with van der Waals surface area (Å²) < 4.78 is 5.10. The Bertz CT molecular complexity index is 343. The fraction of sp³-hybridized carbons (Fsp3) is 0.417. The number of rotatable bonds is 5. The van der Waals surface area contributed by atoms with Crippen molar-refractivity contribution in [2.24, 2.45) is 0 Å². The molecule has 0 aliphatic carbocycles. The number of hydrogen-bond donors (Lipinski definition) is 2. The molecule has 0 radical (unpaired) electrons. The number of aromatic hydroxyl groups is 1. The number of benzene rings is 1. The van der Waals surface area contributed by atoms with Crippen LogP contribution >= 0.6 is 0 Å². The molecule has 16 heavy (non-hydrogen) atoms. The molecule has 4 heteroatoms. The van der Waals surface area contributed by atoms with Gasteiger partial charge < -0.3 is 15.2 Å². The van der Waals surface area contributed by atoms with Crippen molar-refractivity contribution in [3.63, 3.8) is 0 Å². The van der Waals surface area contributed by atoms with E-state index in [2.05, 4.69) is 5.32 Å². The molecule has 0 spiro atoms. The summed E-state index contributed by atoms with van der Waals surface area (Å²) >= 11 is 0. The van der Waals surface area contributed by atoms with E-state index in [-0.39, 0.29) is 18.3 Å². The largest absolute Gasteiger partial charge is 0.506 e. The van der Waals surface area contributed by atoms with Crippen molar-refractivity contribution in [1.82, 2.24) is 0 Å². The normalized spacial score (nSPS) is 10.1. The molecule has 88 valence electrons. The number of para-hydroxylation sites is 1. The molecule has 0 saturated carbocycles. The highest BCUT2D eigenvalue weighted by Crippen LogP contribution is 2.26. The number of amides is 1. The van der Waals surface area contributed by atoms with E-state index in [4.69, 9.17) is 4.74 Å². The smallest absolute Gasteiger partial charge is 0.250 e. The molecule has 0 unspecified atom stereocenters. The molecule has 1 rings (SSSR count). The van der Waals surface area contributed by atoms with Gasteiger partial charge in [0.05, 0.1) is 5.69 Å². The second-order valence-corrected chi connectivity index (χ2v) is 3.57. The zero-order valence-corrected chi connectivity index (χ0v) is 9.62. The van der Waals surface area contributed by atoms with Gasteiger partial charge in [-0.15, -0.1) is 0 Å². The third-order valence-electron chi connectivity index (χ3n) is 2.10. The minimum Gasteiger partial charge on any atom is -0.506 e. The van der Waals surface area contributed by atoms with Crippen LogP contribution in [0.3, 0.4) is 0 Å². The van der Waals surface area contributed by atoms with Gasteiger partial charge in [0.25, 0.3) is 0 Å². The van der Waals surface area contributed by atoms with Gasteiger partial charge in [0.2, 0.25) is 5.91 Å². The minimum atomic E-state index is -0.252. The lowest BCUT2D eigenvalue weighted by Crippen LogP contribution is -2.19. The van der Waals surface area contributed by atoms with Crippen LogP contribution in [-0.2, 0) is 9.53 Å². The maximum Gasteiger partial charge on any atom is 0.250 e. The molecule has 0 fully saturated rings. The number of hydrogen-bond acceptors (Lipinski definition) is 3. The molecule has 1 aromatic rings. The highest BCUT2D eigenvalue weighted by molar-refractivity contribution is 5.93. The molecule has 0 heterocycles. The highest BCUT2D eigenvalue weighted by atomic mass is 16.5. The minimum absolute atomic E-state index is 0.0155. The van der Waals surface area contributed by atoms with Crippen molar-refractivity contribution in [3.8, 4) is 5.75 Å². The molecule has 0 aliphatic rings. The van der Waals surface area contributed by atoms with Crippen LogP contribution in [0.4, 0.5) is 5.69 Å². The molecule has 0 atom stereocenters. The van der Waals surface area contributed by atoms with Gasteiger partial charge in [0, 0.05) is 6.61 Å². The van der Waals surface area contributed by atoms with E-state index in [9.17, 15) is 9.90 Å². The van der Waals surface area contributed by atoms with Crippen molar-refractivity contribution < 1.29 is 14.6 Å². The standard InChI is InChI=1S/C12H17NO3/c1-3-7-16-8-11(15)13-12-9(2)5-4-6-10(12)14/h4-6,14H,3,7-8H2,1-2H3,(H,13,15). The Hall–Kier alpha value is -1.55. The first kappa shape index (κ1) is 12.5. The molecule has 1 aromatic carbocycles. The van der Waals surface area contributed by atoms with Crippen LogP contribution in [0.25, 0.3) is 0 Å². The molecular weight excluding hydrogens is 206 g/mol.